The Morgan fingerprint density at radius 3 is 2.62 bits per heavy atom. The van der Waals surface area contributed by atoms with Gasteiger partial charge in [-0.1, -0.05) is 22.9 Å². The van der Waals surface area contributed by atoms with E-state index in [0.29, 0.717) is 0 Å². The van der Waals surface area contributed by atoms with Gasteiger partial charge in [-0.15, -0.1) is 0 Å². The maximum absolute atomic E-state index is 12.6. The molecule has 0 fully saturated rings. The molecule has 16 heavy (non-hydrogen) atoms. The molecule has 3 nitrogen and oxygen atoms in total. The Balaban J connectivity index is 2.77. The molecule has 0 bridgehead atoms. The minimum Gasteiger partial charge on any atom is -0.300 e. The average molecular weight is 268 g/mol. The van der Waals surface area contributed by atoms with Crippen molar-refractivity contribution in [1.29, 1.82) is 0 Å². The fourth-order valence-electron chi connectivity index (χ4n) is 1.26. The molecular weight excluding hydrogens is 263 g/mol. The summed E-state index contributed by atoms with van der Waals surface area (Å²) in [6.45, 7) is 0. The first-order valence-electron chi connectivity index (χ1n) is 4.06. The topological polar surface area (TPSA) is 50.9 Å². The van der Waals surface area contributed by atoms with Crippen molar-refractivity contribution in [1.82, 2.24) is 4.98 Å². The number of hydrogen-bond donors (Lipinski definition) is 2. The summed E-state index contributed by atoms with van der Waals surface area (Å²) >= 11 is 6.57. The van der Waals surface area contributed by atoms with E-state index in [0.717, 1.165) is 17.4 Å². The van der Waals surface area contributed by atoms with Crippen LogP contribution < -0.4 is 11.3 Å². The zero-order valence-electron chi connectivity index (χ0n) is 7.60. The van der Waals surface area contributed by atoms with Gasteiger partial charge < -0.3 is 0 Å². The van der Waals surface area contributed by atoms with Gasteiger partial charge in [0.25, 0.3) is 0 Å². The monoisotopic (exact) mass is 267 g/mol. The number of nitrogens with two attached hydrogens (primary N) is 1. The minimum absolute atomic E-state index is 0.0204. The van der Waals surface area contributed by atoms with Crippen LogP contribution in [-0.2, 0) is 6.18 Å². The van der Waals surface area contributed by atoms with Crippen molar-refractivity contribution in [3.63, 3.8) is 0 Å². The minimum atomic E-state index is -4.43. The smallest absolute Gasteiger partial charge is 0.300 e. The van der Waals surface area contributed by atoms with E-state index in [1.54, 1.807) is 0 Å². The molecule has 0 radical (unpaired) electrons. The number of aromatic nitrogens is 1. The molecule has 0 aliphatic rings. The summed E-state index contributed by atoms with van der Waals surface area (Å²) in [6.07, 6.45) is -4.43. The number of benzene rings is 1. The van der Waals surface area contributed by atoms with E-state index < -0.39 is 11.7 Å². The van der Waals surface area contributed by atoms with E-state index in [1.165, 1.54) is 6.07 Å². The van der Waals surface area contributed by atoms with Gasteiger partial charge in [0.2, 0.25) is 0 Å². The van der Waals surface area contributed by atoms with Crippen LogP contribution in [0.4, 0.5) is 18.3 Å². The number of nitrogens with one attached hydrogen (secondary N) is 1. The molecule has 3 N–H and O–H groups in total. The summed E-state index contributed by atoms with van der Waals surface area (Å²) in [6, 6.07) is 2.11. The third-order valence-electron chi connectivity index (χ3n) is 1.92. The fraction of sp³-hybridized carbons (Fsp3) is 0.125. The first-order valence-corrected chi connectivity index (χ1v) is 5.26. The molecule has 0 saturated heterocycles. The van der Waals surface area contributed by atoms with Gasteiger partial charge >= 0.3 is 6.18 Å². The lowest BCUT2D eigenvalue weighted by atomic mass is 10.2. The van der Waals surface area contributed by atoms with Gasteiger partial charge in [-0.25, -0.2) is 10.8 Å². The van der Waals surface area contributed by atoms with E-state index in [2.05, 4.69) is 10.4 Å². The standard InChI is InChI=1S/C8H5ClF3N3S/c9-4-2-1-3(8(10,11)12)6-5(4)14-7(15-13)16-6/h1-2H,13H2,(H,14,15). The summed E-state index contributed by atoms with van der Waals surface area (Å²) in [5, 5.41) is 0.356. The van der Waals surface area contributed by atoms with Crippen molar-refractivity contribution in [2.45, 2.75) is 6.18 Å². The Kier molecular flexibility index (Phi) is 2.69. The number of rotatable bonds is 1. The average Bonchev–Trinajstić information content (AvgIpc) is 2.60. The van der Waals surface area contributed by atoms with Crippen LogP contribution in [0.15, 0.2) is 12.1 Å². The maximum atomic E-state index is 12.6. The Morgan fingerprint density at radius 1 is 1.38 bits per heavy atom. The van der Waals surface area contributed by atoms with Crippen LogP contribution in [-0.4, -0.2) is 4.98 Å². The third-order valence-corrected chi connectivity index (χ3v) is 3.25. The molecule has 86 valence electrons. The normalized spacial score (nSPS) is 12.1. The molecule has 0 spiro atoms. The number of nitrogens with zero attached hydrogens (tertiary/aromatic N) is 1. The van der Waals surface area contributed by atoms with Gasteiger partial charge in [0.15, 0.2) is 5.13 Å². The lowest BCUT2D eigenvalue weighted by Gasteiger charge is -2.07. The molecule has 0 saturated carbocycles. The summed E-state index contributed by atoms with van der Waals surface area (Å²) < 4.78 is 37.9. The van der Waals surface area contributed by atoms with E-state index in [1.807, 2.05) is 0 Å². The van der Waals surface area contributed by atoms with Crippen LogP contribution in [0.2, 0.25) is 5.02 Å². The van der Waals surface area contributed by atoms with Gasteiger partial charge in [0, 0.05) is 0 Å². The Bertz CT molecular complexity index is 537. The van der Waals surface area contributed by atoms with Crippen molar-refractivity contribution in [3.05, 3.63) is 22.7 Å². The lowest BCUT2D eigenvalue weighted by molar-refractivity contribution is -0.136. The highest BCUT2D eigenvalue weighted by atomic mass is 35.5. The van der Waals surface area contributed by atoms with Crippen LogP contribution >= 0.6 is 22.9 Å². The molecule has 2 aromatic rings. The van der Waals surface area contributed by atoms with E-state index in [9.17, 15) is 13.2 Å². The predicted octanol–water partition coefficient (Wildman–Crippen LogP) is 3.25. The molecular formula is C8H5ClF3N3S. The quantitative estimate of drug-likeness (QED) is 0.616. The molecule has 1 aromatic heterocycles. The molecule has 1 aromatic carbocycles. The highest BCUT2D eigenvalue weighted by molar-refractivity contribution is 7.22. The number of hydrogen-bond acceptors (Lipinski definition) is 4. The van der Waals surface area contributed by atoms with Gasteiger partial charge in [-0.05, 0) is 12.1 Å². The lowest BCUT2D eigenvalue weighted by Crippen LogP contribution is -2.05. The van der Waals surface area contributed by atoms with Gasteiger partial charge in [0.05, 0.1) is 15.3 Å². The molecule has 0 atom stereocenters. The first-order chi connectivity index (χ1) is 7.43. The number of thiazole rings is 1. The van der Waals surface area contributed by atoms with Crippen LogP contribution in [0, 0.1) is 0 Å². The van der Waals surface area contributed by atoms with E-state index >= 15 is 0 Å². The highest BCUT2D eigenvalue weighted by Gasteiger charge is 2.34. The summed E-state index contributed by atoms with van der Waals surface area (Å²) in [7, 11) is 0. The number of anilines is 1. The number of fused-ring (bicyclic) bond motifs is 1. The number of alkyl halides is 3. The highest BCUT2D eigenvalue weighted by Crippen LogP contribution is 2.40. The van der Waals surface area contributed by atoms with Crippen molar-refractivity contribution < 1.29 is 13.2 Å². The largest absolute Gasteiger partial charge is 0.417 e. The second-order valence-corrected chi connectivity index (χ2v) is 4.34. The van der Waals surface area contributed by atoms with E-state index in [-0.39, 0.29) is 20.4 Å². The molecule has 0 amide bonds. The predicted molar refractivity (Wildman–Crippen MR) is 57.4 cm³/mol. The van der Waals surface area contributed by atoms with Crippen molar-refractivity contribution in [3.8, 4) is 0 Å². The molecule has 0 aliphatic heterocycles. The number of hydrazine groups is 1. The van der Waals surface area contributed by atoms with Crippen LogP contribution in [0.3, 0.4) is 0 Å². The maximum Gasteiger partial charge on any atom is 0.417 e. The van der Waals surface area contributed by atoms with Crippen LogP contribution in [0.25, 0.3) is 10.2 Å². The van der Waals surface area contributed by atoms with E-state index in [4.69, 9.17) is 17.4 Å². The third kappa shape index (κ3) is 1.81. The van der Waals surface area contributed by atoms with Gasteiger partial charge in [-0.2, -0.15) is 13.2 Å². The molecule has 0 aliphatic carbocycles. The molecule has 8 heteroatoms. The van der Waals surface area contributed by atoms with Gasteiger partial charge in [0.1, 0.15) is 5.52 Å². The van der Waals surface area contributed by atoms with Crippen molar-refractivity contribution in [2.75, 3.05) is 5.43 Å². The van der Waals surface area contributed by atoms with Crippen LogP contribution in [0.5, 0.6) is 0 Å². The Hall–Kier alpha value is -1.05. The first kappa shape index (κ1) is 11.4. The Morgan fingerprint density at radius 2 is 2.06 bits per heavy atom. The second-order valence-electron chi connectivity index (χ2n) is 2.93. The fourth-order valence-corrected chi connectivity index (χ4v) is 2.45. The Labute approximate surface area is 97.0 Å². The van der Waals surface area contributed by atoms with Crippen molar-refractivity contribution >= 4 is 38.3 Å². The summed E-state index contributed by atoms with van der Waals surface area (Å²) in [4.78, 5) is 3.86. The molecule has 1 heterocycles. The zero-order chi connectivity index (χ0) is 11.9. The summed E-state index contributed by atoms with van der Waals surface area (Å²) in [5.41, 5.74) is 1.55. The van der Waals surface area contributed by atoms with Crippen LogP contribution in [0.1, 0.15) is 5.56 Å². The second kappa shape index (κ2) is 3.76. The zero-order valence-corrected chi connectivity index (χ0v) is 9.17. The SMILES string of the molecule is NNc1nc2c(Cl)ccc(C(F)(F)F)c2s1. The summed E-state index contributed by atoms with van der Waals surface area (Å²) in [5.74, 6) is 5.10. The molecule has 0 unspecified atom stereocenters. The number of halogens is 4. The van der Waals surface area contributed by atoms with Gasteiger partial charge in [-0.3, -0.25) is 5.43 Å². The van der Waals surface area contributed by atoms with Crippen molar-refractivity contribution in [2.24, 2.45) is 5.84 Å². The molecule has 2 rings (SSSR count). The number of nitrogen functional groups attached to an aromatic ring is 1.